The van der Waals surface area contributed by atoms with Gasteiger partial charge in [-0.2, -0.15) is 14.6 Å². The van der Waals surface area contributed by atoms with Gasteiger partial charge in [0.15, 0.2) is 0 Å². The summed E-state index contributed by atoms with van der Waals surface area (Å²) in [6.07, 6.45) is 4.75. The Kier molecular flexibility index (Phi) is 4.77. The van der Waals surface area contributed by atoms with Gasteiger partial charge in [-0.15, -0.1) is 0 Å². The van der Waals surface area contributed by atoms with E-state index >= 15 is 0 Å². The lowest BCUT2D eigenvalue weighted by Gasteiger charge is -2.37. The second-order valence-electron chi connectivity index (χ2n) is 8.45. The van der Waals surface area contributed by atoms with Crippen LogP contribution in [0.3, 0.4) is 0 Å². The number of aromatic nitrogens is 4. The van der Waals surface area contributed by atoms with Crippen LogP contribution < -0.4 is 10.2 Å². The van der Waals surface area contributed by atoms with Crippen molar-refractivity contribution in [3.63, 3.8) is 0 Å². The molecule has 3 aromatic rings. The van der Waals surface area contributed by atoms with Crippen molar-refractivity contribution in [1.29, 1.82) is 0 Å². The summed E-state index contributed by atoms with van der Waals surface area (Å²) in [6.45, 7) is 7.17. The number of amides is 2. The standard InChI is InChI=1S/C22H27N7O/c1-15-4-3-5-17(12-15)25-22(30)28-10-8-27(9-11-28)20-18-7-6-16(2)13-19(18)26-21-23-14-24-29(20)21/h3-5,12,14,16H,6-11,13H2,1-2H3,(H,25,30). The molecule has 0 bridgehead atoms. The van der Waals surface area contributed by atoms with Gasteiger partial charge in [-0.25, -0.2) is 9.78 Å². The molecule has 30 heavy (non-hydrogen) atoms. The quantitative estimate of drug-likeness (QED) is 0.709. The van der Waals surface area contributed by atoms with Gasteiger partial charge in [0.1, 0.15) is 12.1 Å². The Bertz CT molecular complexity index is 1080. The third-order valence-corrected chi connectivity index (χ3v) is 6.15. The second-order valence-corrected chi connectivity index (χ2v) is 8.45. The first kappa shape index (κ1) is 18.8. The number of carbonyl (C=O) groups excluding carboxylic acids is 1. The molecular weight excluding hydrogens is 378 g/mol. The monoisotopic (exact) mass is 405 g/mol. The number of hydrogen-bond acceptors (Lipinski definition) is 5. The van der Waals surface area contributed by atoms with Crippen LogP contribution in [0.1, 0.15) is 30.2 Å². The van der Waals surface area contributed by atoms with Gasteiger partial charge in [-0.1, -0.05) is 19.1 Å². The average molecular weight is 406 g/mol. The molecule has 1 unspecified atom stereocenters. The van der Waals surface area contributed by atoms with Crippen LogP contribution in [-0.2, 0) is 12.8 Å². The van der Waals surface area contributed by atoms with Crippen LogP contribution in [0.15, 0.2) is 30.6 Å². The number of fused-ring (bicyclic) bond motifs is 2. The van der Waals surface area contributed by atoms with Gasteiger partial charge in [0, 0.05) is 37.4 Å². The largest absolute Gasteiger partial charge is 0.353 e. The third kappa shape index (κ3) is 3.46. The van der Waals surface area contributed by atoms with Gasteiger partial charge in [0.25, 0.3) is 5.78 Å². The lowest BCUT2D eigenvalue weighted by atomic mass is 9.88. The van der Waals surface area contributed by atoms with Gasteiger partial charge in [-0.05, 0) is 49.8 Å². The van der Waals surface area contributed by atoms with Crippen LogP contribution in [0.25, 0.3) is 5.78 Å². The Labute approximate surface area is 175 Å². The Balaban J connectivity index is 1.34. The van der Waals surface area contributed by atoms with E-state index in [0.29, 0.717) is 24.8 Å². The fourth-order valence-corrected chi connectivity index (χ4v) is 4.53. The molecule has 2 amide bonds. The minimum absolute atomic E-state index is 0.0447. The summed E-state index contributed by atoms with van der Waals surface area (Å²) in [6, 6.07) is 7.85. The zero-order chi connectivity index (χ0) is 20.7. The highest BCUT2D eigenvalue weighted by Crippen LogP contribution is 2.32. The van der Waals surface area contributed by atoms with E-state index in [1.165, 1.54) is 12.0 Å². The summed E-state index contributed by atoms with van der Waals surface area (Å²) < 4.78 is 1.87. The molecule has 3 heterocycles. The van der Waals surface area contributed by atoms with Crippen LogP contribution in [0.5, 0.6) is 0 Å². The average Bonchev–Trinajstić information content (AvgIpc) is 3.20. The summed E-state index contributed by atoms with van der Waals surface area (Å²) in [5.41, 5.74) is 4.42. The number of nitrogens with one attached hydrogen (secondary N) is 1. The zero-order valence-electron chi connectivity index (χ0n) is 17.5. The fraction of sp³-hybridized carbons (Fsp3) is 0.455. The van der Waals surface area contributed by atoms with Crippen molar-refractivity contribution in [2.45, 2.75) is 33.1 Å². The number of benzene rings is 1. The van der Waals surface area contributed by atoms with Crippen LogP contribution in [0.2, 0.25) is 0 Å². The molecule has 156 valence electrons. The highest BCUT2D eigenvalue weighted by molar-refractivity contribution is 5.89. The maximum Gasteiger partial charge on any atom is 0.321 e. The van der Waals surface area contributed by atoms with Crippen molar-refractivity contribution in [3.05, 3.63) is 47.4 Å². The first-order chi connectivity index (χ1) is 14.6. The van der Waals surface area contributed by atoms with E-state index in [9.17, 15) is 4.79 Å². The van der Waals surface area contributed by atoms with Crippen molar-refractivity contribution in [1.82, 2.24) is 24.5 Å². The Morgan fingerprint density at radius 1 is 1.20 bits per heavy atom. The Hall–Kier alpha value is -3.16. The summed E-state index contributed by atoms with van der Waals surface area (Å²) in [5.74, 6) is 2.42. The van der Waals surface area contributed by atoms with Crippen molar-refractivity contribution in [2.75, 3.05) is 36.4 Å². The van der Waals surface area contributed by atoms with Crippen molar-refractivity contribution >= 4 is 23.3 Å². The Morgan fingerprint density at radius 2 is 2.03 bits per heavy atom. The van der Waals surface area contributed by atoms with Gasteiger partial charge >= 0.3 is 6.03 Å². The summed E-state index contributed by atoms with van der Waals surface area (Å²) in [7, 11) is 0. The SMILES string of the molecule is Cc1cccc(NC(=O)N2CCN(c3c4c(nc5ncnn35)CC(C)CC4)CC2)c1. The number of anilines is 2. The molecule has 5 rings (SSSR count). The molecule has 0 saturated carbocycles. The molecule has 0 spiro atoms. The number of aryl methyl sites for hydroxylation is 1. The lowest BCUT2D eigenvalue weighted by molar-refractivity contribution is 0.208. The molecule has 1 aliphatic carbocycles. The van der Waals surface area contributed by atoms with E-state index < -0.39 is 0 Å². The molecule has 1 saturated heterocycles. The van der Waals surface area contributed by atoms with Crippen molar-refractivity contribution in [2.24, 2.45) is 5.92 Å². The topological polar surface area (TPSA) is 78.7 Å². The van der Waals surface area contributed by atoms with E-state index in [4.69, 9.17) is 4.98 Å². The van der Waals surface area contributed by atoms with E-state index in [-0.39, 0.29) is 6.03 Å². The van der Waals surface area contributed by atoms with E-state index in [1.54, 1.807) is 6.33 Å². The molecule has 1 fully saturated rings. The predicted molar refractivity (Wildman–Crippen MR) is 116 cm³/mol. The Morgan fingerprint density at radius 3 is 2.83 bits per heavy atom. The molecule has 1 aromatic carbocycles. The van der Waals surface area contributed by atoms with E-state index in [0.717, 1.165) is 48.7 Å². The maximum atomic E-state index is 12.7. The number of carbonyl (C=O) groups is 1. The van der Waals surface area contributed by atoms with E-state index in [1.807, 2.05) is 40.6 Å². The molecule has 2 aliphatic rings. The van der Waals surface area contributed by atoms with Gasteiger partial charge < -0.3 is 15.1 Å². The molecule has 1 aliphatic heterocycles. The fourth-order valence-electron chi connectivity index (χ4n) is 4.53. The highest BCUT2D eigenvalue weighted by Gasteiger charge is 2.29. The molecule has 1 N–H and O–H groups in total. The van der Waals surface area contributed by atoms with Gasteiger partial charge in [0.05, 0.1) is 5.69 Å². The van der Waals surface area contributed by atoms with Gasteiger partial charge in [-0.3, -0.25) is 0 Å². The molecule has 8 heteroatoms. The predicted octanol–water partition coefficient (Wildman–Crippen LogP) is 2.91. The molecular formula is C22H27N7O. The second kappa shape index (κ2) is 7.59. The maximum absolute atomic E-state index is 12.7. The summed E-state index contributed by atoms with van der Waals surface area (Å²) in [4.78, 5) is 26.1. The zero-order valence-corrected chi connectivity index (χ0v) is 17.5. The molecule has 0 radical (unpaired) electrons. The van der Waals surface area contributed by atoms with Crippen LogP contribution in [-0.4, -0.2) is 56.7 Å². The number of rotatable bonds is 2. The normalized spacial score (nSPS) is 19.1. The minimum atomic E-state index is -0.0447. The van der Waals surface area contributed by atoms with Crippen molar-refractivity contribution < 1.29 is 4.79 Å². The van der Waals surface area contributed by atoms with Crippen LogP contribution in [0, 0.1) is 12.8 Å². The minimum Gasteiger partial charge on any atom is -0.353 e. The first-order valence-corrected chi connectivity index (χ1v) is 10.7. The van der Waals surface area contributed by atoms with E-state index in [2.05, 4.69) is 27.2 Å². The first-order valence-electron chi connectivity index (χ1n) is 10.7. The smallest absolute Gasteiger partial charge is 0.321 e. The van der Waals surface area contributed by atoms with Gasteiger partial charge in [0.2, 0.25) is 0 Å². The summed E-state index contributed by atoms with van der Waals surface area (Å²) in [5, 5.41) is 7.47. The summed E-state index contributed by atoms with van der Waals surface area (Å²) >= 11 is 0. The number of nitrogens with zero attached hydrogens (tertiary/aromatic N) is 6. The number of urea groups is 1. The number of hydrogen-bond donors (Lipinski definition) is 1. The third-order valence-electron chi connectivity index (χ3n) is 6.15. The van der Waals surface area contributed by atoms with Crippen LogP contribution >= 0.6 is 0 Å². The molecule has 8 nitrogen and oxygen atoms in total. The number of piperazine rings is 1. The van der Waals surface area contributed by atoms with Crippen LogP contribution in [0.4, 0.5) is 16.3 Å². The lowest BCUT2D eigenvalue weighted by Crippen LogP contribution is -2.51. The van der Waals surface area contributed by atoms with Crippen molar-refractivity contribution in [3.8, 4) is 0 Å². The molecule has 2 aromatic heterocycles. The molecule has 1 atom stereocenters. The highest BCUT2D eigenvalue weighted by atomic mass is 16.2.